The number of aryl methyl sites for hydroxylation is 1. The molecule has 0 radical (unpaired) electrons. The fourth-order valence-electron chi connectivity index (χ4n) is 1.88. The van der Waals surface area contributed by atoms with Crippen LogP contribution in [0.1, 0.15) is 5.56 Å². The predicted octanol–water partition coefficient (Wildman–Crippen LogP) is 2.13. The van der Waals surface area contributed by atoms with Gasteiger partial charge in [-0.3, -0.25) is 4.79 Å². The number of anilines is 1. The minimum Gasteiger partial charge on any atom is -0.480 e. The van der Waals surface area contributed by atoms with Crippen molar-refractivity contribution >= 4 is 21.8 Å². The maximum absolute atomic E-state index is 12.0. The Morgan fingerprint density at radius 1 is 1.04 bits per heavy atom. The molecule has 0 spiro atoms. The standard InChI is InChI=1S/C16H17NO5S/c18-16(19)12-17-14-6-8-15(9-7-14)22-23(20,21)11-10-13-4-2-1-3-5-13/h1-9,17H,10-12H2,(H,18,19). The average Bonchev–Trinajstić information content (AvgIpc) is 2.53. The molecule has 2 rings (SSSR count). The number of carboxylic acids is 1. The van der Waals surface area contributed by atoms with Gasteiger partial charge >= 0.3 is 16.1 Å². The molecule has 2 aromatic rings. The molecule has 0 bridgehead atoms. The first-order valence-electron chi connectivity index (χ1n) is 6.96. The number of rotatable bonds is 8. The van der Waals surface area contributed by atoms with E-state index in [4.69, 9.17) is 9.29 Å². The highest BCUT2D eigenvalue weighted by atomic mass is 32.2. The summed E-state index contributed by atoms with van der Waals surface area (Å²) in [7, 11) is -3.69. The van der Waals surface area contributed by atoms with Crippen molar-refractivity contribution in [2.75, 3.05) is 17.6 Å². The smallest absolute Gasteiger partial charge is 0.322 e. The highest BCUT2D eigenvalue weighted by Gasteiger charge is 2.13. The minimum atomic E-state index is -3.69. The molecule has 23 heavy (non-hydrogen) atoms. The second-order valence-electron chi connectivity index (χ2n) is 4.85. The van der Waals surface area contributed by atoms with Crippen LogP contribution in [0.5, 0.6) is 5.75 Å². The molecule has 122 valence electrons. The Morgan fingerprint density at radius 3 is 2.30 bits per heavy atom. The van der Waals surface area contributed by atoms with Gasteiger partial charge < -0.3 is 14.6 Å². The number of nitrogens with one attached hydrogen (secondary N) is 1. The Bertz CT molecular complexity index is 742. The molecule has 0 unspecified atom stereocenters. The van der Waals surface area contributed by atoms with Crippen molar-refractivity contribution in [1.82, 2.24) is 0 Å². The lowest BCUT2D eigenvalue weighted by Gasteiger charge is -2.08. The molecule has 2 aromatic carbocycles. The normalized spacial score (nSPS) is 11.0. The van der Waals surface area contributed by atoms with Crippen LogP contribution in [0.15, 0.2) is 54.6 Å². The summed E-state index contributed by atoms with van der Waals surface area (Å²) in [5.74, 6) is -0.900. The molecule has 6 nitrogen and oxygen atoms in total. The summed E-state index contributed by atoms with van der Waals surface area (Å²) in [5.41, 5.74) is 1.49. The zero-order chi connectivity index (χ0) is 16.7. The summed E-state index contributed by atoms with van der Waals surface area (Å²) in [6.45, 7) is -0.213. The van der Waals surface area contributed by atoms with Crippen LogP contribution in [0.25, 0.3) is 0 Å². The van der Waals surface area contributed by atoms with Crippen LogP contribution in [0.2, 0.25) is 0 Å². The molecular formula is C16H17NO5S. The summed E-state index contributed by atoms with van der Waals surface area (Å²) in [6.07, 6.45) is 0.376. The van der Waals surface area contributed by atoms with E-state index in [-0.39, 0.29) is 18.0 Å². The molecule has 0 fully saturated rings. The first-order chi connectivity index (χ1) is 10.9. The lowest BCUT2D eigenvalue weighted by Crippen LogP contribution is -2.15. The number of hydrogen-bond donors (Lipinski definition) is 2. The Balaban J connectivity index is 1.90. The number of carbonyl (C=O) groups is 1. The van der Waals surface area contributed by atoms with Gasteiger partial charge in [0.1, 0.15) is 12.3 Å². The zero-order valence-corrected chi connectivity index (χ0v) is 13.1. The predicted molar refractivity (Wildman–Crippen MR) is 87.1 cm³/mol. The first-order valence-corrected chi connectivity index (χ1v) is 8.54. The van der Waals surface area contributed by atoms with E-state index in [9.17, 15) is 13.2 Å². The molecule has 0 atom stereocenters. The Hall–Kier alpha value is -2.54. The van der Waals surface area contributed by atoms with Crippen molar-refractivity contribution in [3.63, 3.8) is 0 Å². The summed E-state index contributed by atoms with van der Waals surface area (Å²) >= 11 is 0. The van der Waals surface area contributed by atoms with E-state index >= 15 is 0 Å². The van der Waals surface area contributed by atoms with Gasteiger partial charge in [-0.25, -0.2) is 0 Å². The highest BCUT2D eigenvalue weighted by molar-refractivity contribution is 7.87. The van der Waals surface area contributed by atoms with E-state index in [2.05, 4.69) is 5.32 Å². The quantitative estimate of drug-likeness (QED) is 0.718. The van der Waals surface area contributed by atoms with Crippen molar-refractivity contribution in [1.29, 1.82) is 0 Å². The SMILES string of the molecule is O=C(O)CNc1ccc(OS(=O)(=O)CCc2ccccc2)cc1. The van der Waals surface area contributed by atoms with Crippen LogP contribution in [0.3, 0.4) is 0 Å². The van der Waals surface area contributed by atoms with Crippen molar-refractivity contribution in [3.8, 4) is 5.75 Å². The van der Waals surface area contributed by atoms with Crippen LogP contribution in [-0.4, -0.2) is 31.8 Å². The third kappa shape index (κ3) is 5.99. The molecule has 0 aromatic heterocycles. The van der Waals surface area contributed by atoms with E-state index < -0.39 is 16.1 Å². The summed E-state index contributed by atoms with van der Waals surface area (Å²) in [4.78, 5) is 10.4. The maximum atomic E-state index is 12.0. The van der Waals surface area contributed by atoms with Crippen LogP contribution in [-0.2, 0) is 21.3 Å². The zero-order valence-electron chi connectivity index (χ0n) is 12.3. The molecule has 0 aliphatic heterocycles. The topological polar surface area (TPSA) is 92.7 Å². The van der Waals surface area contributed by atoms with Crippen molar-refractivity contribution in [2.45, 2.75) is 6.42 Å². The molecule has 2 N–H and O–H groups in total. The maximum Gasteiger partial charge on any atom is 0.322 e. The van der Waals surface area contributed by atoms with Gasteiger partial charge in [-0.1, -0.05) is 30.3 Å². The molecular weight excluding hydrogens is 318 g/mol. The van der Waals surface area contributed by atoms with Gasteiger partial charge in [-0.05, 0) is 36.2 Å². The lowest BCUT2D eigenvalue weighted by atomic mass is 10.2. The molecule has 7 heteroatoms. The van der Waals surface area contributed by atoms with Gasteiger partial charge in [0.05, 0.1) is 5.75 Å². The van der Waals surface area contributed by atoms with E-state index in [1.807, 2.05) is 30.3 Å². The fourth-order valence-corrected chi connectivity index (χ4v) is 2.86. The van der Waals surface area contributed by atoms with Gasteiger partial charge in [0, 0.05) is 5.69 Å². The van der Waals surface area contributed by atoms with Crippen LogP contribution >= 0.6 is 0 Å². The third-order valence-electron chi connectivity index (χ3n) is 3.00. The average molecular weight is 335 g/mol. The highest BCUT2D eigenvalue weighted by Crippen LogP contribution is 2.17. The molecule has 0 saturated carbocycles. The molecule has 0 amide bonds. The third-order valence-corrected chi connectivity index (χ3v) is 4.16. The first kappa shape index (κ1) is 16.8. The molecule has 0 aliphatic carbocycles. The van der Waals surface area contributed by atoms with Crippen LogP contribution in [0, 0.1) is 0 Å². The monoisotopic (exact) mass is 335 g/mol. The van der Waals surface area contributed by atoms with Gasteiger partial charge in [0.25, 0.3) is 0 Å². The van der Waals surface area contributed by atoms with Crippen molar-refractivity contribution in [2.24, 2.45) is 0 Å². The summed E-state index contributed by atoms with van der Waals surface area (Å²) in [5, 5.41) is 11.2. The summed E-state index contributed by atoms with van der Waals surface area (Å²) < 4.78 is 28.9. The lowest BCUT2D eigenvalue weighted by molar-refractivity contribution is -0.134. The van der Waals surface area contributed by atoms with Gasteiger partial charge in [0.2, 0.25) is 0 Å². The minimum absolute atomic E-state index is 0.115. The van der Waals surface area contributed by atoms with E-state index in [1.54, 1.807) is 12.1 Å². The Labute approximate surface area is 134 Å². The van der Waals surface area contributed by atoms with Crippen molar-refractivity contribution < 1.29 is 22.5 Å². The Kier molecular flexibility index (Phi) is 5.59. The van der Waals surface area contributed by atoms with Gasteiger partial charge in [-0.2, -0.15) is 8.42 Å². The van der Waals surface area contributed by atoms with Gasteiger partial charge in [-0.15, -0.1) is 0 Å². The van der Waals surface area contributed by atoms with Crippen LogP contribution < -0.4 is 9.50 Å². The second-order valence-corrected chi connectivity index (χ2v) is 6.54. The number of aliphatic carboxylic acids is 1. The van der Waals surface area contributed by atoms with Crippen molar-refractivity contribution in [3.05, 3.63) is 60.2 Å². The molecule has 0 aliphatic rings. The second kappa shape index (κ2) is 7.64. The fraction of sp³-hybridized carbons (Fsp3) is 0.188. The number of benzene rings is 2. The molecule has 0 heterocycles. The van der Waals surface area contributed by atoms with E-state index in [0.717, 1.165) is 5.56 Å². The van der Waals surface area contributed by atoms with Crippen LogP contribution in [0.4, 0.5) is 5.69 Å². The summed E-state index contributed by atoms with van der Waals surface area (Å²) in [6, 6.07) is 15.4. The largest absolute Gasteiger partial charge is 0.480 e. The number of carboxylic acid groups (broad SMARTS) is 1. The van der Waals surface area contributed by atoms with E-state index in [0.29, 0.717) is 12.1 Å². The number of hydrogen-bond acceptors (Lipinski definition) is 5. The Morgan fingerprint density at radius 2 is 1.70 bits per heavy atom. The molecule has 0 saturated heterocycles. The van der Waals surface area contributed by atoms with E-state index in [1.165, 1.54) is 12.1 Å². The van der Waals surface area contributed by atoms with Gasteiger partial charge in [0.15, 0.2) is 0 Å².